The van der Waals surface area contributed by atoms with E-state index in [1.54, 1.807) is 19.1 Å². The van der Waals surface area contributed by atoms with Crippen molar-refractivity contribution in [2.75, 3.05) is 14.2 Å². The second-order valence-corrected chi connectivity index (χ2v) is 6.34. The molecule has 0 aliphatic rings. The Bertz CT molecular complexity index is 1060. The molecule has 0 aliphatic carbocycles. The van der Waals surface area contributed by atoms with E-state index in [1.807, 2.05) is 0 Å². The standard InChI is InChI=1S/C18H15Cl2N3O4/c1-8(23-26-3)16-15(18(21)24)14-9(4-5-12(25-2)17(14)27-16)13-10(19)6-22-7-11(13)20/h4-7H,1-3H3,(H2,21,24). The number of amides is 1. The van der Waals surface area contributed by atoms with E-state index in [1.165, 1.54) is 26.6 Å². The van der Waals surface area contributed by atoms with Crippen molar-refractivity contribution in [2.45, 2.75) is 6.92 Å². The molecule has 140 valence electrons. The van der Waals surface area contributed by atoms with Gasteiger partial charge in [-0.1, -0.05) is 28.4 Å². The number of hydrogen-bond acceptors (Lipinski definition) is 6. The maximum absolute atomic E-state index is 12.3. The predicted octanol–water partition coefficient (Wildman–Crippen LogP) is 4.28. The summed E-state index contributed by atoms with van der Waals surface area (Å²) in [5, 5.41) is 4.88. The van der Waals surface area contributed by atoms with Gasteiger partial charge in [-0.25, -0.2) is 0 Å². The Hall–Kier alpha value is -2.77. The third kappa shape index (κ3) is 3.20. The van der Waals surface area contributed by atoms with Crippen LogP contribution >= 0.6 is 23.2 Å². The first-order valence-corrected chi connectivity index (χ1v) is 8.47. The minimum absolute atomic E-state index is 0.126. The maximum Gasteiger partial charge on any atom is 0.253 e. The highest BCUT2D eigenvalue weighted by atomic mass is 35.5. The lowest BCUT2D eigenvalue weighted by Gasteiger charge is -2.10. The molecule has 0 unspecified atom stereocenters. The highest BCUT2D eigenvalue weighted by Crippen LogP contribution is 2.44. The Balaban J connectivity index is 2.51. The van der Waals surface area contributed by atoms with Crippen LogP contribution < -0.4 is 10.5 Å². The molecule has 0 atom stereocenters. The van der Waals surface area contributed by atoms with Gasteiger partial charge in [0.1, 0.15) is 12.8 Å². The first-order valence-electron chi connectivity index (χ1n) is 7.71. The molecule has 0 bridgehead atoms. The Labute approximate surface area is 164 Å². The zero-order valence-corrected chi connectivity index (χ0v) is 16.2. The molecule has 0 fully saturated rings. The monoisotopic (exact) mass is 407 g/mol. The minimum Gasteiger partial charge on any atom is -0.493 e. The summed E-state index contributed by atoms with van der Waals surface area (Å²) in [5.74, 6) is -0.120. The number of furan rings is 1. The van der Waals surface area contributed by atoms with E-state index >= 15 is 0 Å². The van der Waals surface area contributed by atoms with Crippen LogP contribution in [0.1, 0.15) is 23.0 Å². The largest absolute Gasteiger partial charge is 0.493 e. The number of carbonyl (C=O) groups is 1. The molecule has 7 nitrogen and oxygen atoms in total. The first kappa shape index (κ1) is 19.0. The number of primary amides is 1. The number of methoxy groups -OCH3 is 1. The number of oxime groups is 1. The second kappa shape index (κ2) is 7.46. The number of halogens is 2. The number of pyridine rings is 1. The smallest absolute Gasteiger partial charge is 0.253 e. The van der Waals surface area contributed by atoms with Gasteiger partial charge in [0.25, 0.3) is 5.91 Å². The van der Waals surface area contributed by atoms with Crippen LogP contribution in [0.3, 0.4) is 0 Å². The summed E-state index contributed by atoms with van der Waals surface area (Å²) in [7, 11) is 2.88. The molecule has 2 heterocycles. The summed E-state index contributed by atoms with van der Waals surface area (Å²) in [6, 6.07) is 3.41. The molecule has 1 amide bonds. The van der Waals surface area contributed by atoms with Crippen molar-refractivity contribution in [1.82, 2.24) is 4.98 Å². The third-order valence-corrected chi connectivity index (χ3v) is 4.52. The Morgan fingerprint density at radius 1 is 1.22 bits per heavy atom. The van der Waals surface area contributed by atoms with E-state index in [0.717, 1.165) is 0 Å². The zero-order chi connectivity index (χ0) is 19.7. The van der Waals surface area contributed by atoms with Crippen molar-refractivity contribution >= 4 is 45.8 Å². The predicted molar refractivity (Wildman–Crippen MR) is 104 cm³/mol. The van der Waals surface area contributed by atoms with E-state index in [9.17, 15) is 4.79 Å². The number of benzene rings is 1. The van der Waals surface area contributed by atoms with Crippen molar-refractivity contribution in [3.05, 3.63) is 45.9 Å². The summed E-state index contributed by atoms with van der Waals surface area (Å²) in [5.41, 5.74) is 7.49. The van der Waals surface area contributed by atoms with Crippen LogP contribution in [0.4, 0.5) is 0 Å². The molecule has 2 aromatic heterocycles. The molecule has 0 radical (unpaired) electrons. The van der Waals surface area contributed by atoms with Crippen LogP contribution in [-0.4, -0.2) is 30.8 Å². The highest BCUT2D eigenvalue weighted by Gasteiger charge is 2.27. The zero-order valence-electron chi connectivity index (χ0n) is 14.7. The van der Waals surface area contributed by atoms with Gasteiger partial charge in [0.05, 0.1) is 22.7 Å². The quantitative estimate of drug-likeness (QED) is 0.502. The normalized spacial score (nSPS) is 11.7. The van der Waals surface area contributed by atoms with Crippen molar-refractivity contribution in [3.63, 3.8) is 0 Å². The highest BCUT2D eigenvalue weighted by molar-refractivity contribution is 6.39. The fraction of sp³-hybridized carbons (Fsp3) is 0.167. The number of nitrogens with two attached hydrogens (primary N) is 1. The van der Waals surface area contributed by atoms with Gasteiger partial charge in [-0.05, 0) is 24.6 Å². The lowest BCUT2D eigenvalue weighted by molar-refractivity contribution is 0.100. The summed E-state index contributed by atoms with van der Waals surface area (Å²) < 4.78 is 11.3. The SMILES string of the molecule is CON=C(C)c1oc2c(OC)ccc(-c3c(Cl)cncc3Cl)c2c1C(N)=O. The van der Waals surface area contributed by atoms with E-state index < -0.39 is 5.91 Å². The van der Waals surface area contributed by atoms with E-state index in [2.05, 4.69) is 10.1 Å². The first-order chi connectivity index (χ1) is 12.9. The van der Waals surface area contributed by atoms with Gasteiger partial charge in [-0.3, -0.25) is 9.78 Å². The number of rotatable bonds is 5. The summed E-state index contributed by atoms with van der Waals surface area (Å²) >= 11 is 12.6. The van der Waals surface area contributed by atoms with Gasteiger partial charge in [0.2, 0.25) is 0 Å². The van der Waals surface area contributed by atoms with E-state index in [4.69, 9.17) is 42.9 Å². The minimum atomic E-state index is -0.704. The molecular formula is C18H15Cl2N3O4. The van der Waals surface area contributed by atoms with Gasteiger partial charge in [-0.2, -0.15) is 0 Å². The molecule has 2 N–H and O–H groups in total. The van der Waals surface area contributed by atoms with Gasteiger partial charge < -0.3 is 19.7 Å². The van der Waals surface area contributed by atoms with Gasteiger partial charge in [0, 0.05) is 23.3 Å². The molecule has 0 spiro atoms. The van der Waals surface area contributed by atoms with Crippen LogP contribution in [0.15, 0.2) is 34.1 Å². The topological polar surface area (TPSA) is 99.9 Å². The number of carbonyl (C=O) groups excluding carboxylic acids is 1. The summed E-state index contributed by atoms with van der Waals surface area (Å²) in [6.07, 6.45) is 2.92. The Morgan fingerprint density at radius 2 is 1.89 bits per heavy atom. The third-order valence-electron chi connectivity index (χ3n) is 3.95. The lowest BCUT2D eigenvalue weighted by Crippen LogP contribution is -2.14. The van der Waals surface area contributed by atoms with E-state index in [-0.39, 0.29) is 11.3 Å². The fourth-order valence-corrected chi connectivity index (χ4v) is 3.45. The molecule has 0 saturated heterocycles. The number of hydrogen-bond donors (Lipinski definition) is 1. The molecule has 3 aromatic rings. The Morgan fingerprint density at radius 3 is 2.44 bits per heavy atom. The van der Waals surface area contributed by atoms with Crippen molar-refractivity contribution < 1.29 is 18.8 Å². The molecular weight excluding hydrogens is 393 g/mol. The molecule has 0 aliphatic heterocycles. The molecule has 0 saturated carbocycles. The van der Waals surface area contributed by atoms with Crippen LogP contribution in [0.25, 0.3) is 22.1 Å². The van der Waals surface area contributed by atoms with Gasteiger partial charge in [0.15, 0.2) is 17.1 Å². The van der Waals surface area contributed by atoms with Crippen molar-refractivity contribution in [2.24, 2.45) is 10.9 Å². The lowest BCUT2D eigenvalue weighted by atomic mass is 9.97. The number of fused-ring (bicyclic) bond motifs is 1. The second-order valence-electron chi connectivity index (χ2n) is 5.53. The molecule has 27 heavy (non-hydrogen) atoms. The van der Waals surface area contributed by atoms with Crippen molar-refractivity contribution in [1.29, 1.82) is 0 Å². The Kier molecular flexibility index (Phi) is 5.25. The number of aromatic nitrogens is 1. The van der Waals surface area contributed by atoms with Crippen LogP contribution in [0.5, 0.6) is 5.75 Å². The van der Waals surface area contributed by atoms with Crippen molar-refractivity contribution in [3.8, 4) is 16.9 Å². The summed E-state index contributed by atoms with van der Waals surface area (Å²) in [4.78, 5) is 21.1. The van der Waals surface area contributed by atoms with Crippen LogP contribution in [0.2, 0.25) is 10.0 Å². The molecule has 9 heteroatoms. The fourth-order valence-electron chi connectivity index (χ4n) is 2.89. The maximum atomic E-state index is 12.3. The van der Waals surface area contributed by atoms with E-state index in [0.29, 0.717) is 43.6 Å². The average Bonchev–Trinajstić information content (AvgIpc) is 3.03. The van der Waals surface area contributed by atoms with Crippen LogP contribution in [-0.2, 0) is 4.84 Å². The molecule has 1 aromatic carbocycles. The average molecular weight is 408 g/mol. The molecule has 3 rings (SSSR count). The van der Waals surface area contributed by atoms with Crippen LogP contribution in [0, 0.1) is 0 Å². The number of nitrogens with zero attached hydrogens (tertiary/aromatic N) is 2. The van der Waals surface area contributed by atoms with Gasteiger partial charge in [-0.15, -0.1) is 0 Å². The van der Waals surface area contributed by atoms with Gasteiger partial charge >= 0.3 is 0 Å². The number of ether oxygens (including phenoxy) is 1. The summed E-state index contributed by atoms with van der Waals surface area (Å²) in [6.45, 7) is 1.63.